The van der Waals surface area contributed by atoms with Crippen LogP contribution in [0.25, 0.3) is 0 Å². The number of nitrogens with zero attached hydrogens (tertiary/aromatic N) is 2. The van der Waals surface area contributed by atoms with Crippen molar-refractivity contribution in [2.45, 2.75) is 77.8 Å². The first kappa shape index (κ1) is 15.8. The van der Waals surface area contributed by atoms with E-state index in [1.165, 1.54) is 44.2 Å². The highest BCUT2D eigenvalue weighted by Gasteiger charge is 2.32. The van der Waals surface area contributed by atoms with Crippen LogP contribution in [0.4, 0.5) is 0 Å². The van der Waals surface area contributed by atoms with Gasteiger partial charge in [-0.25, -0.2) is 0 Å². The average molecular weight is 298 g/mol. The van der Waals surface area contributed by atoms with E-state index in [-0.39, 0.29) is 5.54 Å². The standard InChI is InChI=1S/C16H28ClN3/c1-4-9-16(10-7-6-8-11-18-16)12-14-15(17)13(3)19-20(14)5-2/h18H,4-12H2,1-3H3. The largest absolute Gasteiger partial charge is 0.311 e. The maximum atomic E-state index is 6.50. The first-order chi connectivity index (χ1) is 9.62. The van der Waals surface area contributed by atoms with Crippen LogP contribution in [0.3, 0.4) is 0 Å². The van der Waals surface area contributed by atoms with E-state index >= 15 is 0 Å². The summed E-state index contributed by atoms with van der Waals surface area (Å²) >= 11 is 6.50. The SMILES string of the molecule is CCCC1(Cc2c(Cl)c(C)nn2CC)CCCCCN1. The third-order valence-electron chi connectivity index (χ3n) is 4.52. The summed E-state index contributed by atoms with van der Waals surface area (Å²) < 4.78 is 2.08. The van der Waals surface area contributed by atoms with Crippen molar-refractivity contribution < 1.29 is 0 Å². The van der Waals surface area contributed by atoms with Crippen molar-refractivity contribution in [2.24, 2.45) is 0 Å². The second-order valence-corrected chi connectivity index (χ2v) is 6.48. The molecule has 0 bridgehead atoms. The van der Waals surface area contributed by atoms with Crippen LogP contribution in [-0.4, -0.2) is 21.9 Å². The van der Waals surface area contributed by atoms with Gasteiger partial charge in [-0.05, 0) is 39.7 Å². The monoisotopic (exact) mass is 297 g/mol. The molecule has 0 spiro atoms. The highest BCUT2D eigenvalue weighted by atomic mass is 35.5. The van der Waals surface area contributed by atoms with Crippen molar-refractivity contribution >= 4 is 11.6 Å². The summed E-state index contributed by atoms with van der Waals surface area (Å²) in [6.45, 7) is 8.45. The molecule has 114 valence electrons. The predicted molar refractivity (Wildman–Crippen MR) is 85.5 cm³/mol. The van der Waals surface area contributed by atoms with Crippen molar-refractivity contribution in [3.05, 3.63) is 16.4 Å². The van der Waals surface area contributed by atoms with E-state index in [2.05, 4.69) is 28.9 Å². The van der Waals surface area contributed by atoms with Gasteiger partial charge in [0.15, 0.2) is 0 Å². The highest BCUT2D eigenvalue weighted by molar-refractivity contribution is 6.31. The summed E-state index contributed by atoms with van der Waals surface area (Å²) in [5, 5.41) is 9.27. The Labute approximate surface area is 128 Å². The lowest BCUT2D eigenvalue weighted by atomic mass is 9.84. The number of halogens is 1. The fraction of sp³-hybridized carbons (Fsp3) is 0.812. The predicted octanol–water partition coefficient (Wildman–Crippen LogP) is 4.11. The summed E-state index contributed by atoms with van der Waals surface area (Å²) in [5.74, 6) is 0. The van der Waals surface area contributed by atoms with Crippen molar-refractivity contribution in [1.29, 1.82) is 0 Å². The molecule has 0 aromatic carbocycles. The van der Waals surface area contributed by atoms with Gasteiger partial charge in [-0.3, -0.25) is 4.68 Å². The summed E-state index contributed by atoms with van der Waals surface area (Å²) in [6, 6.07) is 0. The van der Waals surface area contributed by atoms with E-state index < -0.39 is 0 Å². The third kappa shape index (κ3) is 3.37. The molecule has 2 heterocycles. The van der Waals surface area contributed by atoms with Gasteiger partial charge in [0.1, 0.15) is 0 Å². The Hall–Kier alpha value is -0.540. The molecule has 1 fully saturated rings. The Morgan fingerprint density at radius 1 is 1.30 bits per heavy atom. The van der Waals surface area contributed by atoms with Crippen LogP contribution in [0, 0.1) is 6.92 Å². The molecule has 1 unspecified atom stereocenters. The topological polar surface area (TPSA) is 29.9 Å². The number of hydrogen-bond acceptors (Lipinski definition) is 2. The molecular weight excluding hydrogens is 270 g/mol. The summed E-state index contributed by atoms with van der Waals surface area (Å²) in [5.41, 5.74) is 2.40. The molecule has 4 heteroatoms. The van der Waals surface area contributed by atoms with Gasteiger partial charge in [-0.1, -0.05) is 37.8 Å². The molecule has 20 heavy (non-hydrogen) atoms. The van der Waals surface area contributed by atoms with Gasteiger partial charge in [0, 0.05) is 18.5 Å². The number of aromatic nitrogens is 2. The van der Waals surface area contributed by atoms with Crippen molar-refractivity contribution in [2.75, 3.05) is 6.54 Å². The lowest BCUT2D eigenvalue weighted by Gasteiger charge is -2.34. The van der Waals surface area contributed by atoms with Gasteiger partial charge in [-0.15, -0.1) is 0 Å². The van der Waals surface area contributed by atoms with Crippen molar-refractivity contribution in [3.63, 3.8) is 0 Å². The Bertz CT molecular complexity index is 431. The lowest BCUT2D eigenvalue weighted by molar-refractivity contribution is 0.281. The number of hydrogen-bond donors (Lipinski definition) is 1. The van der Waals surface area contributed by atoms with E-state index in [4.69, 9.17) is 11.6 Å². The summed E-state index contributed by atoms with van der Waals surface area (Å²) in [6.07, 6.45) is 8.66. The van der Waals surface area contributed by atoms with E-state index in [1.54, 1.807) is 0 Å². The van der Waals surface area contributed by atoms with Crippen LogP contribution in [0.1, 0.15) is 63.8 Å². The molecular formula is C16H28ClN3. The van der Waals surface area contributed by atoms with E-state index in [0.717, 1.165) is 30.2 Å². The fourth-order valence-corrected chi connectivity index (χ4v) is 3.70. The van der Waals surface area contributed by atoms with Gasteiger partial charge < -0.3 is 5.32 Å². The number of nitrogens with one attached hydrogen (secondary N) is 1. The smallest absolute Gasteiger partial charge is 0.0847 e. The lowest BCUT2D eigenvalue weighted by Crippen LogP contribution is -2.47. The van der Waals surface area contributed by atoms with Crippen molar-refractivity contribution in [1.82, 2.24) is 15.1 Å². The molecule has 0 aliphatic carbocycles. The van der Waals surface area contributed by atoms with E-state index in [0.29, 0.717) is 0 Å². The first-order valence-corrected chi connectivity index (χ1v) is 8.46. The molecule has 1 aliphatic heterocycles. The van der Waals surface area contributed by atoms with Crippen LogP contribution >= 0.6 is 11.6 Å². The second-order valence-electron chi connectivity index (χ2n) is 6.11. The van der Waals surface area contributed by atoms with E-state index in [9.17, 15) is 0 Å². The Morgan fingerprint density at radius 2 is 2.10 bits per heavy atom. The van der Waals surface area contributed by atoms with Gasteiger partial charge >= 0.3 is 0 Å². The van der Waals surface area contributed by atoms with Gasteiger partial charge in [-0.2, -0.15) is 5.10 Å². The van der Waals surface area contributed by atoms with Gasteiger partial charge in [0.2, 0.25) is 0 Å². The minimum atomic E-state index is 0.217. The molecule has 1 atom stereocenters. The molecule has 1 saturated heterocycles. The molecule has 2 rings (SSSR count). The van der Waals surface area contributed by atoms with Gasteiger partial charge in [0.25, 0.3) is 0 Å². The van der Waals surface area contributed by atoms with Gasteiger partial charge in [0.05, 0.1) is 16.4 Å². The summed E-state index contributed by atoms with van der Waals surface area (Å²) in [7, 11) is 0. The fourth-order valence-electron chi connectivity index (χ4n) is 3.50. The zero-order chi connectivity index (χ0) is 14.6. The van der Waals surface area contributed by atoms with Crippen LogP contribution < -0.4 is 5.32 Å². The number of aryl methyl sites for hydroxylation is 2. The van der Waals surface area contributed by atoms with Crippen LogP contribution in [-0.2, 0) is 13.0 Å². The first-order valence-electron chi connectivity index (χ1n) is 8.08. The molecule has 1 N–H and O–H groups in total. The zero-order valence-electron chi connectivity index (χ0n) is 13.1. The minimum absolute atomic E-state index is 0.217. The quantitative estimate of drug-likeness (QED) is 0.886. The third-order valence-corrected chi connectivity index (χ3v) is 5.01. The van der Waals surface area contributed by atoms with Crippen LogP contribution in [0.15, 0.2) is 0 Å². The molecule has 3 nitrogen and oxygen atoms in total. The zero-order valence-corrected chi connectivity index (χ0v) is 13.9. The maximum absolute atomic E-state index is 6.50. The Balaban J connectivity index is 2.27. The molecule has 0 amide bonds. The number of rotatable bonds is 5. The van der Waals surface area contributed by atoms with E-state index in [1.807, 2.05) is 6.92 Å². The Morgan fingerprint density at radius 3 is 2.80 bits per heavy atom. The van der Waals surface area contributed by atoms with Crippen LogP contribution in [0.5, 0.6) is 0 Å². The summed E-state index contributed by atoms with van der Waals surface area (Å²) in [4.78, 5) is 0. The Kier molecular flexibility index (Phi) is 5.50. The van der Waals surface area contributed by atoms with Crippen LogP contribution in [0.2, 0.25) is 5.02 Å². The normalized spacial score (nSPS) is 23.8. The second kappa shape index (κ2) is 6.95. The molecule has 0 radical (unpaired) electrons. The van der Waals surface area contributed by atoms with Crippen molar-refractivity contribution in [3.8, 4) is 0 Å². The minimum Gasteiger partial charge on any atom is -0.311 e. The molecule has 1 aliphatic rings. The molecule has 1 aromatic rings. The molecule has 1 aromatic heterocycles. The highest BCUT2D eigenvalue weighted by Crippen LogP contribution is 2.31. The maximum Gasteiger partial charge on any atom is 0.0847 e. The average Bonchev–Trinajstić information content (AvgIpc) is 2.61. The molecule has 0 saturated carbocycles.